The molecule has 3 heterocycles. The number of carbonyl (C=O) groups is 3. The molecule has 1 N–H and O–H groups in total. The minimum atomic E-state index is -3.13. The monoisotopic (exact) mass is 516 g/mol. The number of imide groups is 1. The lowest BCUT2D eigenvalue weighted by molar-refractivity contribution is -0.135. The van der Waals surface area contributed by atoms with E-state index in [1.165, 1.54) is 9.13 Å². The first-order chi connectivity index (χ1) is 17.3. The predicted octanol–water partition coefficient (Wildman–Crippen LogP) is 2.95. The average molecular weight is 517 g/mol. The molecule has 2 aromatic rings. The van der Waals surface area contributed by atoms with Gasteiger partial charge in [-0.05, 0) is 45.7 Å². The van der Waals surface area contributed by atoms with Crippen molar-refractivity contribution in [3.05, 3.63) is 34.2 Å². The van der Waals surface area contributed by atoms with E-state index in [1.807, 2.05) is 0 Å². The molecule has 2 saturated heterocycles. The van der Waals surface area contributed by atoms with Crippen LogP contribution in [0, 0.1) is 17.8 Å². The summed E-state index contributed by atoms with van der Waals surface area (Å²) in [5.41, 5.74) is 0.228. The number of amides is 3. The van der Waals surface area contributed by atoms with E-state index < -0.39 is 47.7 Å². The Morgan fingerprint density at radius 1 is 1.22 bits per heavy atom. The van der Waals surface area contributed by atoms with Gasteiger partial charge in [0.25, 0.3) is 5.92 Å². The third kappa shape index (κ3) is 5.38. The number of carbonyl (C=O) groups excluding carboxylic acids is 3. The predicted molar refractivity (Wildman–Crippen MR) is 131 cm³/mol. The summed E-state index contributed by atoms with van der Waals surface area (Å²) in [6.45, 7) is 4.46. The lowest BCUT2D eigenvalue weighted by atomic mass is 9.90. The summed E-state index contributed by atoms with van der Waals surface area (Å²) < 4.78 is 37.6. The summed E-state index contributed by atoms with van der Waals surface area (Å²) in [4.78, 5) is 50.2. The highest BCUT2D eigenvalue weighted by atomic mass is 19.3. The Morgan fingerprint density at radius 3 is 2.59 bits per heavy atom. The van der Waals surface area contributed by atoms with Crippen molar-refractivity contribution in [3.63, 3.8) is 0 Å². The molecule has 0 saturated carbocycles. The van der Waals surface area contributed by atoms with Crippen molar-refractivity contribution in [2.45, 2.75) is 64.0 Å². The van der Waals surface area contributed by atoms with Crippen molar-refractivity contribution in [1.82, 2.24) is 19.4 Å². The van der Waals surface area contributed by atoms with Gasteiger partial charge in [0.15, 0.2) is 0 Å². The van der Waals surface area contributed by atoms with Gasteiger partial charge < -0.3 is 9.64 Å². The van der Waals surface area contributed by atoms with Gasteiger partial charge in [-0.3, -0.25) is 24.0 Å². The van der Waals surface area contributed by atoms with Crippen molar-refractivity contribution < 1.29 is 27.9 Å². The van der Waals surface area contributed by atoms with Crippen LogP contribution in [-0.4, -0.2) is 56.6 Å². The number of imidazole rings is 1. The van der Waals surface area contributed by atoms with Crippen LogP contribution in [-0.2, 0) is 21.4 Å². The van der Waals surface area contributed by atoms with E-state index in [1.54, 1.807) is 46.0 Å². The van der Waals surface area contributed by atoms with Gasteiger partial charge >= 0.3 is 11.8 Å². The van der Waals surface area contributed by atoms with E-state index in [-0.39, 0.29) is 38.1 Å². The number of aryl methyl sites for hydroxylation is 1. The number of ether oxygens (including phenoxy) is 1. The van der Waals surface area contributed by atoms with Gasteiger partial charge in [0, 0.05) is 32.4 Å². The standard InChI is InChI=1S/C26H30F2N4O5/c1-25(2,3)37-24(36)31-14-13-17(26(27,28)15-31)9-5-7-16-8-6-10-18-21(16)30(4)23(35)32(18)19-11-12-20(33)29-22(19)34/h6,8,10,17,19H,9,11-15H2,1-4H3,(H,29,33,34). The van der Waals surface area contributed by atoms with E-state index in [4.69, 9.17) is 4.74 Å². The Hall–Kier alpha value is -3.68. The van der Waals surface area contributed by atoms with Crippen molar-refractivity contribution in [2.24, 2.45) is 13.0 Å². The van der Waals surface area contributed by atoms with Crippen LogP contribution in [0.25, 0.3) is 11.0 Å². The number of fused-ring (bicyclic) bond motifs is 1. The summed E-state index contributed by atoms with van der Waals surface area (Å²) in [6.07, 6.45) is -0.441. The van der Waals surface area contributed by atoms with Crippen molar-refractivity contribution in [2.75, 3.05) is 13.1 Å². The molecule has 37 heavy (non-hydrogen) atoms. The van der Waals surface area contributed by atoms with Gasteiger partial charge in [-0.1, -0.05) is 17.9 Å². The van der Waals surface area contributed by atoms with Crippen LogP contribution >= 0.6 is 0 Å². The Kier molecular flexibility index (Phi) is 6.88. The van der Waals surface area contributed by atoms with Gasteiger partial charge in [0.05, 0.1) is 23.1 Å². The summed E-state index contributed by atoms with van der Waals surface area (Å²) in [5, 5.41) is 2.26. The summed E-state index contributed by atoms with van der Waals surface area (Å²) in [5.74, 6) is 0.683. The summed E-state index contributed by atoms with van der Waals surface area (Å²) in [6, 6.07) is 4.23. The molecular weight excluding hydrogens is 486 g/mol. The molecule has 2 unspecified atom stereocenters. The molecule has 1 aromatic carbocycles. The third-order valence-electron chi connectivity index (χ3n) is 6.59. The zero-order valence-corrected chi connectivity index (χ0v) is 21.3. The van der Waals surface area contributed by atoms with Crippen LogP contribution in [0.2, 0.25) is 0 Å². The smallest absolute Gasteiger partial charge is 0.410 e. The molecule has 1 aromatic heterocycles. The van der Waals surface area contributed by atoms with Gasteiger partial charge in [0.1, 0.15) is 11.6 Å². The number of nitrogens with zero attached hydrogens (tertiary/aromatic N) is 3. The Morgan fingerprint density at radius 2 is 1.95 bits per heavy atom. The number of rotatable bonds is 2. The first kappa shape index (κ1) is 26.4. The van der Waals surface area contributed by atoms with Gasteiger partial charge in [-0.25, -0.2) is 18.4 Å². The molecule has 2 fully saturated rings. The third-order valence-corrected chi connectivity index (χ3v) is 6.59. The van der Waals surface area contributed by atoms with Gasteiger partial charge in [0.2, 0.25) is 11.8 Å². The van der Waals surface area contributed by atoms with Gasteiger partial charge in [-0.2, -0.15) is 0 Å². The zero-order valence-electron chi connectivity index (χ0n) is 21.3. The first-order valence-electron chi connectivity index (χ1n) is 12.2. The quantitative estimate of drug-likeness (QED) is 0.489. The summed E-state index contributed by atoms with van der Waals surface area (Å²) in [7, 11) is 1.55. The topological polar surface area (TPSA) is 103 Å². The maximum Gasteiger partial charge on any atom is 0.410 e. The van der Waals surface area contributed by atoms with Crippen molar-refractivity contribution in [1.29, 1.82) is 0 Å². The van der Waals surface area contributed by atoms with Crippen LogP contribution < -0.4 is 11.0 Å². The molecule has 0 bridgehead atoms. The van der Waals surface area contributed by atoms with Crippen molar-refractivity contribution in [3.8, 4) is 11.8 Å². The molecule has 0 aliphatic carbocycles. The number of benzene rings is 1. The van der Waals surface area contributed by atoms with E-state index >= 15 is 0 Å². The normalized spacial score (nSPS) is 21.8. The van der Waals surface area contributed by atoms with E-state index in [0.717, 1.165) is 4.90 Å². The number of halogens is 2. The Balaban J connectivity index is 1.54. The lowest BCUT2D eigenvalue weighted by Gasteiger charge is -2.38. The SMILES string of the molecule is Cn1c(=O)n(C2CCC(=O)NC2=O)c2cccc(C#CCC3CCN(C(=O)OC(C)(C)C)CC3(F)F)c21. The maximum atomic E-state index is 14.9. The second kappa shape index (κ2) is 9.65. The van der Waals surface area contributed by atoms with E-state index in [0.29, 0.717) is 16.6 Å². The molecular formula is C26H30F2N4O5. The number of para-hydroxylation sites is 1. The minimum absolute atomic E-state index is 0.0789. The van der Waals surface area contributed by atoms with E-state index in [2.05, 4.69) is 17.2 Å². The average Bonchev–Trinajstić information content (AvgIpc) is 3.04. The molecule has 4 rings (SSSR count). The van der Waals surface area contributed by atoms with E-state index in [9.17, 15) is 28.0 Å². The highest BCUT2D eigenvalue weighted by Gasteiger charge is 2.46. The largest absolute Gasteiger partial charge is 0.444 e. The molecule has 11 heteroatoms. The number of alkyl halides is 2. The van der Waals surface area contributed by atoms with Gasteiger partial charge in [-0.15, -0.1) is 0 Å². The molecule has 2 atom stereocenters. The lowest BCUT2D eigenvalue weighted by Crippen LogP contribution is -2.51. The second-order valence-electron chi connectivity index (χ2n) is 10.5. The molecule has 0 spiro atoms. The molecule has 9 nitrogen and oxygen atoms in total. The fourth-order valence-electron chi connectivity index (χ4n) is 4.76. The van der Waals surface area contributed by atoms with Crippen LogP contribution in [0.3, 0.4) is 0 Å². The molecule has 2 aliphatic rings. The number of likely N-dealkylation sites (tertiary alicyclic amines) is 1. The highest BCUT2D eigenvalue weighted by molar-refractivity contribution is 6.00. The van der Waals surface area contributed by atoms with Crippen LogP contribution in [0.4, 0.5) is 13.6 Å². The maximum absolute atomic E-state index is 14.9. The van der Waals surface area contributed by atoms with Crippen LogP contribution in [0.15, 0.2) is 23.0 Å². The van der Waals surface area contributed by atoms with Crippen LogP contribution in [0.1, 0.15) is 58.1 Å². The number of piperidine rings is 2. The van der Waals surface area contributed by atoms with Crippen molar-refractivity contribution >= 4 is 28.9 Å². The highest BCUT2D eigenvalue weighted by Crippen LogP contribution is 2.35. The number of hydrogen-bond donors (Lipinski definition) is 1. The number of aromatic nitrogens is 2. The zero-order chi connectivity index (χ0) is 27.1. The molecule has 198 valence electrons. The second-order valence-corrected chi connectivity index (χ2v) is 10.5. The fraction of sp³-hybridized carbons (Fsp3) is 0.538. The summed E-state index contributed by atoms with van der Waals surface area (Å²) >= 11 is 0. The Labute approximate surface area is 212 Å². The first-order valence-corrected chi connectivity index (χ1v) is 12.2. The number of nitrogens with one attached hydrogen (secondary N) is 1. The minimum Gasteiger partial charge on any atom is -0.444 e. The number of hydrogen-bond acceptors (Lipinski definition) is 5. The molecule has 2 aliphatic heterocycles. The molecule has 3 amide bonds. The molecule has 0 radical (unpaired) electrons. The Bertz CT molecular complexity index is 1380. The fourth-order valence-corrected chi connectivity index (χ4v) is 4.76. The van der Waals surface area contributed by atoms with Crippen LogP contribution in [0.5, 0.6) is 0 Å².